The number of nitrogens with one attached hydrogen (secondary N) is 2. The summed E-state index contributed by atoms with van der Waals surface area (Å²) in [5.41, 5.74) is 3.19. The molecule has 1 atom stereocenters. The number of hydrogen-bond acceptors (Lipinski definition) is 4. The molecule has 0 spiro atoms. The van der Waals surface area contributed by atoms with Crippen molar-refractivity contribution < 1.29 is 14.0 Å². The van der Waals surface area contributed by atoms with Crippen LogP contribution < -0.4 is 10.6 Å². The highest BCUT2D eigenvalue weighted by atomic mass is 16.4. The fraction of sp³-hybridized carbons (Fsp3) is 0.150. The van der Waals surface area contributed by atoms with E-state index in [0.29, 0.717) is 17.3 Å². The summed E-state index contributed by atoms with van der Waals surface area (Å²) in [6, 6.07) is 14.8. The van der Waals surface area contributed by atoms with Gasteiger partial charge in [-0.2, -0.15) is 0 Å². The van der Waals surface area contributed by atoms with Gasteiger partial charge in [-0.15, -0.1) is 0 Å². The summed E-state index contributed by atoms with van der Waals surface area (Å²) in [5.74, 6) is 0.484. The highest BCUT2D eigenvalue weighted by molar-refractivity contribution is 6.06. The normalized spacial score (nSPS) is 15.4. The van der Waals surface area contributed by atoms with Crippen molar-refractivity contribution in [1.82, 2.24) is 4.98 Å². The first-order valence-electron chi connectivity index (χ1n) is 8.32. The number of benzene rings is 2. The Morgan fingerprint density at radius 1 is 1.19 bits per heavy atom. The van der Waals surface area contributed by atoms with Gasteiger partial charge in [0.1, 0.15) is 0 Å². The van der Waals surface area contributed by atoms with Crippen LogP contribution in [-0.2, 0) is 9.59 Å². The Labute approximate surface area is 150 Å². The lowest BCUT2D eigenvalue weighted by atomic mass is 9.97. The number of oxazole rings is 1. The molecule has 0 unspecified atom stereocenters. The second-order valence-corrected chi connectivity index (χ2v) is 6.20. The molecule has 0 saturated carbocycles. The van der Waals surface area contributed by atoms with Gasteiger partial charge in [-0.05, 0) is 35.9 Å². The van der Waals surface area contributed by atoms with E-state index in [1.165, 1.54) is 0 Å². The molecule has 0 radical (unpaired) electrons. The maximum atomic E-state index is 12.4. The molecule has 2 aromatic carbocycles. The van der Waals surface area contributed by atoms with Gasteiger partial charge >= 0.3 is 0 Å². The zero-order valence-corrected chi connectivity index (χ0v) is 14.2. The average Bonchev–Trinajstić information content (AvgIpc) is 3.19. The molecule has 0 bridgehead atoms. The Kier molecular flexibility index (Phi) is 4.01. The van der Waals surface area contributed by atoms with Gasteiger partial charge in [0.15, 0.2) is 11.7 Å². The van der Waals surface area contributed by atoms with Crippen LogP contribution in [0, 0.1) is 6.92 Å². The van der Waals surface area contributed by atoms with E-state index < -0.39 is 5.92 Å². The fourth-order valence-electron chi connectivity index (χ4n) is 3.09. The molecule has 3 aromatic rings. The first-order chi connectivity index (χ1) is 12.6. The van der Waals surface area contributed by atoms with E-state index in [9.17, 15) is 9.59 Å². The molecule has 2 heterocycles. The van der Waals surface area contributed by atoms with Gasteiger partial charge in [0.2, 0.25) is 11.8 Å². The van der Waals surface area contributed by atoms with Crippen molar-refractivity contribution in [2.45, 2.75) is 19.3 Å². The molecule has 0 saturated heterocycles. The van der Waals surface area contributed by atoms with E-state index in [0.717, 1.165) is 16.8 Å². The number of fused-ring (bicyclic) bond motifs is 1. The summed E-state index contributed by atoms with van der Waals surface area (Å²) in [4.78, 5) is 28.6. The molecular formula is C20H17N3O3. The third-order valence-corrected chi connectivity index (χ3v) is 4.37. The van der Waals surface area contributed by atoms with Crippen molar-refractivity contribution in [1.29, 1.82) is 0 Å². The lowest BCUT2D eigenvalue weighted by molar-refractivity contribution is -0.122. The molecule has 1 aliphatic heterocycles. The third kappa shape index (κ3) is 3.09. The van der Waals surface area contributed by atoms with Gasteiger partial charge < -0.3 is 15.1 Å². The van der Waals surface area contributed by atoms with Crippen molar-refractivity contribution >= 4 is 23.2 Å². The summed E-state index contributed by atoms with van der Waals surface area (Å²) in [6.07, 6.45) is 1.77. The molecule has 130 valence electrons. The Morgan fingerprint density at radius 2 is 1.96 bits per heavy atom. The lowest BCUT2D eigenvalue weighted by Crippen LogP contribution is -2.20. The summed E-state index contributed by atoms with van der Waals surface area (Å²) >= 11 is 0. The Bertz CT molecular complexity index is 976. The topological polar surface area (TPSA) is 84.2 Å². The molecule has 0 aliphatic carbocycles. The summed E-state index contributed by atoms with van der Waals surface area (Å²) in [6.45, 7) is 1.79. The molecule has 26 heavy (non-hydrogen) atoms. The number of carbonyl (C=O) groups is 2. The van der Waals surface area contributed by atoms with Crippen molar-refractivity contribution in [3.8, 4) is 11.3 Å². The summed E-state index contributed by atoms with van der Waals surface area (Å²) in [5, 5.41) is 5.65. The number of carbonyl (C=O) groups excluding carboxylic acids is 2. The zero-order chi connectivity index (χ0) is 18.1. The molecule has 2 N–H and O–H groups in total. The van der Waals surface area contributed by atoms with Crippen LogP contribution in [-0.4, -0.2) is 16.8 Å². The second-order valence-electron chi connectivity index (χ2n) is 6.20. The van der Waals surface area contributed by atoms with Crippen LogP contribution in [0.4, 0.5) is 11.4 Å². The molecule has 1 aromatic heterocycles. The predicted molar refractivity (Wildman–Crippen MR) is 97.7 cm³/mol. The van der Waals surface area contributed by atoms with E-state index in [1.54, 1.807) is 25.3 Å². The standard InChI is InChI=1S/C20H17N3O3/c1-12-21-11-18(26-12)13-6-8-14(9-7-13)22-19(24)10-16-15-4-2-3-5-17(15)23-20(16)25/h2-9,11,16H,10H2,1H3,(H,22,24)(H,23,25)/t16-/m1/s1. The minimum Gasteiger partial charge on any atom is -0.441 e. The van der Waals surface area contributed by atoms with E-state index in [4.69, 9.17) is 4.42 Å². The van der Waals surface area contributed by atoms with Gasteiger partial charge in [-0.25, -0.2) is 4.98 Å². The van der Waals surface area contributed by atoms with Crippen molar-refractivity contribution in [3.63, 3.8) is 0 Å². The number of para-hydroxylation sites is 1. The molecule has 6 heteroatoms. The quantitative estimate of drug-likeness (QED) is 0.753. The molecule has 6 nitrogen and oxygen atoms in total. The number of rotatable bonds is 4. The lowest BCUT2D eigenvalue weighted by Gasteiger charge is -2.10. The highest BCUT2D eigenvalue weighted by Gasteiger charge is 2.31. The van der Waals surface area contributed by atoms with Crippen molar-refractivity contribution in [2.75, 3.05) is 10.6 Å². The Hall–Kier alpha value is -3.41. The third-order valence-electron chi connectivity index (χ3n) is 4.37. The molecule has 4 rings (SSSR count). The maximum Gasteiger partial charge on any atom is 0.232 e. The number of anilines is 2. The number of aryl methyl sites for hydroxylation is 1. The fourth-order valence-corrected chi connectivity index (χ4v) is 3.09. The molecule has 0 fully saturated rings. The molecule has 2 amide bonds. The van der Waals surface area contributed by atoms with Crippen molar-refractivity contribution in [2.24, 2.45) is 0 Å². The van der Waals surface area contributed by atoms with Crippen LogP contribution in [0.25, 0.3) is 11.3 Å². The van der Waals surface area contributed by atoms with Crippen molar-refractivity contribution in [3.05, 3.63) is 66.2 Å². The predicted octanol–water partition coefficient (Wildman–Crippen LogP) is 3.71. The first kappa shape index (κ1) is 16.1. The van der Waals surface area contributed by atoms with Crippen LogP contribution in [0.1, 0.15) is 23.8 Å². The number of aromatic nitrogens is 1. The first-order valence-corrected chi connectivity index (χ1v) is 8.32. The summed E-state index contributed by atoms with van der Waals surface area (Å²) < 4.78 is 5.48. The van der Waals surface area contributed by atoms with Gasteiger partial charge in [-0.1, -0.05) is 18.2 Å². The SMILES string of the molecule is Cc1ncc(-c2ccc(NC(=O)C[C@H]3C(=O)Nc4ccccc43)cc2)o1. The van der Waals surface area contributed by atoms with E-state index in [1.807, 2.05) is 36.4 Å². The van der Waals surface area contributed by atoms with Crippen LogP contribution in [0.2, 0.25) is 0 Å². The largest absolute Gasteiger partial charge is 0.441 e. The molecule has 1 aliphatic rings. The zero-order valence-electron chi connectivity index (χ0n) is 14.2. The second kappa shape index (κ2) is 6.48. The highest BCUT2D eigenvalue weighted by Crippen LogP contribution is 2.34. The van der Waals surface area contributed by atoms with E-state index >= 15 is 0 Å². The monoisotopic (exact) mass is 347 g/mol. The van der Waals surface area contributed by atoms with Crippen LogP contribution >= 0.6 is 0 Å². The van der Waals surface area contributed by atoms with Gasteiger partial charge in [0.25, 0.3) is 0 Å². The smallest absolute Gasteiger partial charge is 0.232 e. The van der Waals surface area contributed by atoms with E-state index in [-0.39, 0.29) is 18.2 Å². The summed E-state index contributed by atoms with van der Waals surface area (Å²) in [7, 11) is 0. The van der Waals surface area contributed by atoms with Gasteiger partial charge in [0.05, 0.1) is 12.1 Å². The minimum absolute atomic E-state index is 0.103. The van der Waals surface area contributed by atoms with Crippen LogP contribution in [0.15, 0.2) is 59.1 Å². The number of amides is 2. The average molecular weight is 347 g/mol. The number of hydrogen-bond donors (Lipinski definition) is 2. The number of nitrogens with zero attached hydrogens (tertiary/aromatic N) is 1. The maximum absolute atomic E-state index is 12.4. The van der Waals surface area contributed by atoms with Gasteiger partial charge in [-0.3, -0.25) is 9.59 Å². The Balaban J connectivity index is 1.43. The van der Waals surface area contributed by atoms with E-state index in [2.05, 4.69) is 15.6 Å². The Morgan fingerprint density at radius 3 is 2.69 bits per heavy atom. The van der Waals surface area contributed by atoms with Crippen LogP contribution in [0.5, 0.6) is 0 Å². The minimum atomic E-state index is -0.456. The molecular weight excluding hydrogens is 330 g/mol. The van der Waals surface area contributed by atoms with Gasteiger partial charge in [0, 0.05) is 30.3 Å². The van der Waals surface area contributed by atoms with Crippen LogP contribution in [0.3, 0.4) is 0 Å².